The number of benzene rings is 1. The van der Waals surface area contributed by atoms with E-state index in [1.165, 1.54) is 23.8 Å². The van der Waals surface area contributed by atoms with Crippen molar-refractivity contribution in [2.45, 2.75) is 6.54 Å². The molecule has 27 heavy (non-hydrogen) atoms. The van der Waals surface area contributed by atoms with Crippen LogP contribution in [-0.4, -0.2) is 39.9 Å². The molecule has 7 nitrogen and oxygen atoms in total. The first kappa shape index (κ1) is 19.0. The van der Waals surface area contributed by atoms with Crippen molar-refractivity contribution in [3.8, 4) is 11.5 Å². The number of carboxylic acids is 1. The minimum Gasteiger partial charge on any atom is -0.493 e. The van der Waals surface area contributed by atoms with E-state index in [1.54, 1.807) is 42.7 Å². The van der Waals surface area contributed by atoms with Crippen molar-refractivity contribution in [2.24, 2.45) is 0 Å². The monoisotopic (exact) mass is 405 g/mol. The Labute approximate surface area is 164 Å². The Morgan fingerprint density at radius 3 is 2.85 bits per heavy atom. The predicted octanol–water partition coefficient (Wildman–Crippen LogP) is 3.15. The van der Waals surface area contributed by atoms with Gasteiger partial charge in [0.2, 0.25) is 0 Å². The number of hydrogen-bond acceptors (Lipinski definition) is 7. The molecule has 1 aliphatic rings. The van der Waals surface area contributed by atoms with E-state index < -0.39 is 12.6 Å². The summed E-state index contributed by atoms with van der Waals surface area (Å²) in [4.78, 5) is 25.2. The quantitative estimate of drug-likeness (QED) is 0.555. The van der Waals surface area contributed by atoms with Crippen LogP contribution in [0.2, 0.25) is 0 Å². The van der Waals surface area contributed by atoms with Crippen molar-refractivity contribution in [1.29, 1.82) is 0 Å². The van der Waals surface area contributed by atoms with Crippen molar-refractivity contribution in [3.63, 3.8) is 0 Å². The summed E-state index contributed by atoms with van der Waals surface area (Å²) < 4.78 is 16.1. The van der Waals surface area contributed by atoms with E-state index in [-0.39, 0.29) is 12.5 Å². The highest BCUT2D eigenvalue weighted by Gasteiger charge is 2.32. The predicted molar refractivity (Wildman–Crippen MR) is 104 cm³/mol. The Balaban J connectivity index is 1.78. The molecule has 1 N–H and O–H groups in total. The van der Waals surface area contributed by atoms with Crippen LogP contribution in [0.5, 0.6) is 11.5 Å². The summed E-state index contributed by atoms with van der Waals surface area (Å²) in [6.45, 7) is -0.193. The van der Waals surface area contributed by atoms with E-state index in [9.17, 15) is 9.59 Å². The van der Waals surface area contributed by atoms with Gasteiger partial charge in [-0.05, 0) is 35.9 Å². The summed E-state index contributed by atoms with van der Waals surface area (Å²) in [5, 5.41) is 8.71. The number of thioether (sulfide) groups is 1. The maximum absolute atomic E-state index is 12.6. The van der Waals surface area contributed by atoms with Crippen LogP contribution in [0.15, 0.2) is 45.9 Å². The lowest BCUT2D eigenvalue weighted by Crippen LogP contribution is -2.27. The number of carbonyl (C=O) groups is 2. The van der Waals surface area contributed by atoms with Crippen LogP contribution in [0, 0.1) is 0 Å². The van der Waals surface area contributed by atoms with Gasteiger partial charge in [0.15, 0.2) is 18.1 Å². The van der Waals surface area contributed by atoms with Crippen LogP contribution < -0.4 is 9.47 Å². The number of nitrogens with zero attached hydrogens (tertiary/aromatic N) is 1. The zero-order chi connectivity index (χ0) is 19.4. The van der Waals surface area contributed by atoms with Gasteiger partial charge in [0.05, 0.1) is 24.8 Å². The lowest BCUT2D eigenvalue weighted by molar-refractivity contribution is -0.139. The number of carboxylic acid groups (broad SMARTS) is 1. The summed E-state index contributed by atoms with van der Waals surface area (Å²) in [6.07, 6.45) is 3.24. The SMILES string of the molecule is COc1cc(C=C2SC(=S)N(Cc3ccco3)C2=O)ccc1OCC(=O)O. The molecule has 0 unspecified atom stereocenters. The van der Waals surface area contributed by atoms with Gasteiger partial charge >= 0.3 is 5.97 Å². The second-order valence-corrected chi connectivity index (χ2v) is 7.12. The van der Waals surface area contributed by atoms with Crippen LogP contribution in [0.25, 0.3) is 6.08 Å². The largest absolute Gasteiger partial charge is 0.493 e. The molecule has 1 saturated heterocycles. The van der Waals surface area contributed by atoms with Crippen molar-refractivity contribution < 1.29 is 28.6 Å². The lowest BCUT2D eigenvalue weighted by atomic mass is 10.2. The van der Waals surface area contributed by atoms with Crippen LogP contribution in [0.1, 0.15) is 11.3 Å². The molecule has 0 aliphatic carbocycles. The van der Waals surface area contributed by atoms with Crippen molar-refractivity contribution in [3.05, 3.63) is 52.8 Å². The van der Waals surface area contributed by atoms with E-state index in [2.05, 4.69) is 0 Å². The van der Waals surface area contributed by atoms with Crippen LogP contribution in [-0.2, 0) is 16.1 Å². The standard InChI is InChI=1S/C18H15NO6S2/c1-23-14-7-11(4-5-13(14)25-10-16(20)21)8-15-17(22)19(18(26)27-15)9-12-3-2-6-24-12/h2-8H,9-10H2,1H3,(H,20,21). The third kappa shape index (κ3) is 4.50. The molecule has 0 atom stereocenters. The molecule has 9 heteroatoms. The van der Waals surface area contributed by atoms with E-state index >= 15 is 0 Å². The normalized spacial score (nSPS) is 15.4. The number of thiocarbonyl (C=S) groups is 1. The first-order valence-corrected chi connectivity index (χ1v) is 9.01. The van der Waals surface area contributed by atoms with Gasteiger partial charge in [-0.15, -0.1) is 0 Å². The molecule has 2 heterocycles. The van der Waals surface area contributed by atoms with Crippen molar-refractivity contribution in [2.75, 3.05) is 13.7 Å². The smallest absolute Gasteiger partial charge is 0.341 e. The molecule has 3 rings (SSSR count). The molecule has 0 spiro atoms. The second kappa shape index (κ2) is 8.28. The molecular weight excluding hydrogens is 390 g/mol. The van der Waals surface area contributed by atoms with E-state index in [4.69, 9.17) is 31.2 Å². The van der Waals surface area contributed by atoms with Crippen LogP contribution >= 0.6 is 24.0 Å². The second-order valence-electron chi connectivity index (χ2n) is 5.44. The van der Waals surface area contributed by atoms with Gasteiger partial charge in [0, 0.05) is 0 Å². The summed E-state index contributed by atoms with van der Waals surface area (Å²) >= 11 is 6.51. The number of amides is 1. The zero-order valence-corrected chi connectivity index (χ0v) is 15.8. The fourth-order valence-electron chi connectivity index (χ4n) is 2.38. The highest BCUT2D eigenvalue weighted by atomic mass is 32.2. The summed E-state index contributed by atoms with van der Waals surface area (Å²) in [6, 6.07) is 8.50. The Bertz CT molecular complexity index is 907. The lowest BCUT2D eigenvalue weighted by Gasteiger charge is -2.12. The van der Waals surface area contributed by atoms with Crippen LogP contribution in [0.4, 0.5) is 0 Å². The molecule has 1 amide bonds. The summed E-state index contributed by atoms with van der Waals surface area (Å²) in [7, 11) is 1.45. The number of carbonyl (C=O) groups excluding carboxylic acids is 1. The van der Waals surface area contributed by atoms with Crippen molar-refractivity contribution >= 4 is 46.3 Å². The minimum atomic E-state index is -1.08. The van der Waals surface area contributed by atoms with Gasteiger partial charge in [-0.1, -0.05) is 30.0 Å². The molecule has 0 radical (unpaired) electrons. The molecule has 0 bridgehead atoms. The number of aliphatic carboxylic acids is 1. The fraction of sp³-hybridized carbons (Fsp3) is 0.167. The van der Waals surface area contributed by atoms with Gasteiger partial charge in [-0.3, -0.25) is 9.69 Å². The molecule has 1 aliphatic heterocycles. The minimum absolute atomic E-state index is 0.202. The van der Waals surface area contributed by atoms with Gasteiger partial charge in [0.25, 0.3) is 5.91 Å². The molecule has 1 aromatic heterocycles. The van der Waals surface area contributed by atoms with Crippen LogP contribution in [0.3, 0.4) is 0 Å². The zero-order valence-electron chi connectivity index (χ0n) is 14.2. The third-order valence-corrected chi connectivity index (χ3v) is 4.98. The Morgan fingerprint density at radius 2 is 2.19 bits per heavy atom. The Morgan fingerprint density at radius 1 is 1.37 bits per heavy atom. The Kier molecular flexibility index (Phi) is 5.82. The van der Waals surface area contributed by atoms with Gasteiger partial charge in [-0.2, -0.15) is 0 Å². The van der Waals surface area contributed by atoms with E-state index in [0.29, 0.717) is 32.0 Å². The highest BCUT2D eigenvalue weighted by Crippen LogP contribution is 2.35. The third-order valence-electron chi connectivity index (χ3n) is 3.60. The average molecular weight is 405 g/mol. The summed E-state index contributed by atoms with van der Waals surface area (Å²) in [5.74, 6) is 0.0422. The highest BCUT2D eigenvalue weighted by molar-refractivity contribution is 8.26. The number of hydrogen-bond donors (Lipinski definition) is 1. The van der Waals surface area contributed by atoms with Gasteiger partial charge in [-0.25, -0.2) is 4.79 Å². The average Bonchev–Trinajstić information content (AvgIpc) is 3.24. The summed E-state index contributed by atoms with van der Waals surface area (Å²) in [5.41, 5.74) is 0.702. The number of ether oxygens (including phenoxy) is 2. The molecule has 140 valence electrons. The maximum atomic E-state index is 12.6. The first-order chi connectivity index (χ1) is 13.0. The number of rotatable bonds is 7. The fourth-order valence-corrected chi connectivity index (χ4v) is 3.63. The molecule has 2 aromatic rings. The van der Waals surface area contributed by atoms with Gasteiger partial charge in [0.1, 0.15) is 10.1 Å². The molecule has 1 fully saturated rings. The topological polar surface area (TPSA) is 89.2 Å². The molecular formula is C18H15NO6S2. The van der Waals surface area contributed by atoms with Crippen molar-refractivity contribution in [1.82, 2.24) is 4.90 Å². The Hall–Kier alpha value is -2.78. The van der Waals surface area contributed by atoms with E-state index in [1.807, 2.05) is 0 Å². The first-order valence-electron chi connectivity index (χ1n) is 7.78. The number of furan rings is 1. The molecule has 1 aromatic carbocycles. The van der Waals surface area contributed by atoms with Gasteiger partial charge < -0.3 is 19.0 Å². The number of methoxy groups -OCH3 is 1. The maximum Gasteiger partial charge on any atom is 0.341 e. The molecule has 0 saturated carbocycles. The van der Waals surface area contributed by atoms with E-state index in [0.717, 1.165) is 0 Å².